The van der Waals surface area contributed by atoms with E-state index in [1.807, 2.05) is 0 Å². The van der Waals surface area contributed by atoms with E-state index in [9.17, 15) is 4.79 Å². The molecule has 1 aliphatic rings. The Bertz CT molecular complexity index is 119. The Morgan fingerprint density at radius 3 is 2.60 bits per heavy atom. The number of carbonyl (C=O) groups is 1. The van der Waals surface area contributed by atoms with Gasteiger partial charge in [0, 0.05) is 0 Å². The summed E-state index contributed by atoms with van der Waals surface area (Å²) in [5.74, 6) is -0.132. The van der Waals surface area contributed by atoms with Gasteiger partial charge in [-0.2, -0.15) is 0 Å². The van der Waals surface area contributed by atoms with Crippen LogP contribution >= 0.6 is 15.9 Å². The number of esters is 1. The van der Waals surface area contributed by atoms with Gasteiger partial charge in [0.2, 0.25) is 0 Å². The molecule has 1 saturated carbocycles. The molecule has 0 aromatic heterocycles. The van der Waals surface area contributed by atoms with Gasteiger partial charge < -0.3 is 4.74 Å². The van der Waals surface area contributed by atoms with E-state index in [1.165, 1.54) is 12.8 Å². The van der Waals surface area contributed by atoms with E-state index in [4.69, 9.17) is 4.74 Å². The highest BCUT2D eigenvalue weighted by molar-refractivity contribution is 9.09. The van der Waals surface area contributed by atoms with Crippen molar-refractivity contribution >= 4 is 21.9 Å². The van der Waals surface area contributed by atoms with Gasteiger partial charge in [-0.3, -0.25) is 4.79 Å². The Hall–Kier alpha value is -0.0500. The molecule has 0 unspecified atom stereocenters. The number of ether oxygens (including phenoxy) is 1. The molecule has 0 saturated heterocycles. The van der Waals surface area contributed by atoms with E-state index >= 15 is 0 Å². The van der Waals surface area contributed by atoms with Crippen LogP contribution in [0.1, 0.15) is 25.7 Å². The van der Waals surface area contributed by atoms with Crippen LogP contribution in [0.4, 0.5) is 0 Å². The van der Waals surface area contributed by atoms with Crippen molar-refractivity contribution in [3.8, 4) is 0 Å². The first kappa shape index (κ1) is 8.05. The second-order valence-corrected chi connectivity index (χ2v) is 3.09. The lowest BCUT2D eigenvalue weighted by molar-refractivity contribution is -0.145. The highest BCUT2D eigenvalue weighted by Crippen LogP contribution is 2.20. The van der Waals surface area contributed by atoms with Gasteiger partial charge in [0.15, 0.2) is 0 Å². The Labute approximate surface area is 69.1 Å². The first-order chi connectivity index (χ1) is 4.83. The second kappa shape index (κ2) is 3.96. The Kier molecular flexibility index (Phi) is 3.19. The topological polar surface area (TPSA) is 26.3 Å². The lowest BCUT2D eigenvalue weighted by Crippen LogP contribution is -2.14. The van der Waals surface area contributed by atoms with Crippen molar-refractivity contribution < 1.29 is 9.53 Å². The van der Waals surface area contributed by atoms with Crippen LogP contribution in [-0.2, 0) is 9.53 Å². The van der Waals surface area contributed by atoms with Crippen LogP contribution in [0.5, 0.6) is 0 Å². The van der Waals surface area contributed by atoms with Crippen LogP contribution in [-0.4, -0.2) is 17.4 Å². The number of alkyl halides is 1. The third-order valence-corrected chi connectivity index (χ3v) is 2.17. The summed E-state index contributed by atoms with van der Waals surface area (Å²) in [5.41, 5.74) is 0. The summed E-state index contributed by atoms with van der Waals surface area (Å²) in [4.78, 5) is 10.7. The summed E-state index contributed by atoms with van der Waals surface area (Å²) in [6.07, 6.45) is 4.74. The van der Waals surface area contributed by atoms with Crippen molar-refractivity contribution in [3.05, 3.63) is 0 Å². The van der Waals surface area contributed by atoms with Crippen LogP contribution in [0.3, 0.4) is 0 Å². The zero-order valence-corrected chi connectivity index (χ0v) is 7.39. The van der Waals surface area contributed by atoms with Crippen molar-refractivity contribution in [2.75, 3.05) is 5.33 Å². The maximum Gasteiger partial charge on any atom is 0.316 e. The molecule has 3 heteroatoms. The van der Waals surface area contributed by atoms with E-state index in [0.717, 1.165) is 12.8 Å². The molecular weight excluding hydrogens is 196 g/mol. The molecule has 0 amide bonds. The first-order valence-electron chi connectivity index (χ1n) is 3.58. The third kappa shape index (κ3) is 2.29. The molecule has 1 aliphatic carbocycles. The summed E-state index contributed by atoms with van der Waals surface area (Å²) < 4.78 is 5.07. The second-order valence-electron chi connectivity index (χ2n) is 2.53. The molecule has 10 heavy (non-hydrogen) atoms. The zero-order chi connectivity index (χ0) is 7.40. The molecule has 0 aliphatic heterocycles. The lowest BCUT2D eigenvalue weighted by Gasteiger charge is -2.08. The van der Waals surface area contributed by atoms with E-state index in [0.29, 0.717) is 5.33 Å². The van der Waals surface area contributed by atoms with Gasteiger partial charge in [-0.05, 0) is 25.7 Å². The minimum absolute atomic E-state index is 0.132. The van der Waals surface area contributed by atoms with Gasteiger partial charge in [-0.25, -0.2) is 0 Å². The van der Waals surface area contributed by atoms with Crippen molar-refractivity contribution in [2.45, 2.75) is 31.8 Å². The average molecular weight is 207 g/mol. The molecular formula is C7H11BrO2. The normalized spacial score (nSPS) is 19.3. The Balaban J connectivity index is 2.17. The quantitative estimate of drug-likeness (QED) is 0.510. The number of hydrogen-bond donors (Lipinski definition) is 0. The first-order valence-corrected chi connectivity index (χ1v) is 4.70. The zero-order valence-electron chi connectivity index (χ0n) is 5.81. The van der Waals surface area contributed by atoms with Crippen LogP contribution in [0.2, 0.25) is 0 Å². The SMILES string of the molecule is O=C(CBr)OC1CCCC1. The fraction of sp³-hybridized carbons (Fsp3) is 0.857. The number of hydrogen-bond acceptors (Lipinski definition) is 2. The Morgan fingerprint density at radius 1 is 1.50 bits per heavy atom. The van der Waals surface area contributed by atoms with Gasteiger partial charge in [0.25, 0.3) is 0 Å². The van der Waals surface area contributed by atoms with E-state index < -0.39 is 0 Å². The van der Waals surface area contributed by atoms with Crippen molar-refractivity contribution in [1.82, 2.24) is 0 Å². The van der Waals surface area contributed by atoms with Crippen LogP contribution in [0, 0.1) is 0 Å². The molecule has 1 rings (SSSR count). The summed E-state index contributed by atoms with van der Waals surface area (Å²) >= 11 is 3.05. The molecule has 0 aromatic carbocycles. The number of carbonyl (C=O) groups excluding carboxylic acids is 1. The van der Waals surface area contributed by atoms with Gasteiger partial charge >= 0.3 is 5.97 Å². The predicted octanol–water partition coefficient (Wildman–Crippen LogP) is 1.87. The van der Waals surface area contributed by atoms with E-state index in [2.05, 4.69) is 15.9 Å². The molecule has 0 spiro atoms. The monoisotopic (exact) mass is 206 g/mol. The smallest absolute Gasteiger partial charge is 0.316 e. The molecule has 0 radical (unpaired) electrons. The largest absolute Gasteiger partial charge is 0.462 e. The molecule has 0 aromatic rings. The van der Waals surface area contributed by atoms with Crippen molar-refractivity contribution in [2.24, 2.45) is 0 Å². The van der Waals surface area contributed by atoms with E-state index in [1.54, 1.807) is 0 Å². The highest BCUT2D eigenvalue weighted by Gasteiger charge is 2.17. The van der Waals surface area contributed by atoms with Crippen LogP contribution in [0.15, 0.2) is 0 Å². The van der Waals surface area contributed by atoms with Crippen molar-refractivity contribution in [3.63, 3.8) is 0 Å². The highest BCUT2D eigenvalue weighted by atomic mass is 79.9. The van der Waals surface area contributed by atoms with Gasteiger partial charge in [-0.15, -0.1) is 0 Å². The molecule has 1 fully saturated rings. The third-order valence-electron chi connectivity index (χ3n) is 1.71. The fourth-order valence-corrected chi connectivity index (χ4v) is 1.36. The molecule has 58 valence electrons. The van der Waals surface area contributed by atoms with Crippen molar-refractivity contribution in [1.29, 1.82) is 0 Å². The number of halogens is 1. The molecule has 0 heterocycles. The molecule has 0 atom stereocenters. The standard InChI is InChI=1S/C7H11BrO2/c8-5-7(9)10-6-3-1-2-4-6/h6H,1-5H2. The average Bonchev–Trinajstić information content (AvgIpc) is 2.40. The van der Waals surface area contributed by atoms with Crippen LogP contribution < -0.4 is 0 Å². The molecule has 0 N–H and O–H groups in total. The fourth-order valence-electron chi connectivity index (χ4n) is 1.22. The summed E-state index contributed by atoms with van der Waals surface area (Å²) in [7, 11) is 0. The summed E-state index contributed by atoms with van der Waals surface area (Å²) in [6.45, 7) is 0. The van der Waals surface area contributed by atoms with Gasteiger partial charge in [0.1, 0.15) is 11.4 Å². The summed E-state index contributed by atoms with van der Waals surface area (Å²) in [5, 5.41) is 0.323. The van der Waals surface area contributed by atoms with Crippen LogP contribution in [0.25, 0.3) is 0 Å². The maximum atomic E-state index is 10.7. The maximum absolute atomic E-state index is 10.7. The molecule has 2 nitrogen and oxygen atoms in total. The van der Waals surface area contributed by atoms with Gasteiger partial charge in [0.05, 0.1) is 0 Å². The molecule has 0 bridgehead atoms. The minimum atomic E-state index is -0.132. The lowest BCUT2D eigenvalue weighted by atomic mass is 10.3. The van der Waals surface area contributed by atoms with E-state index in [-0.39, 0.29) is 12.1 Å². The Morgan fingerprint density at radius 2 is 2.10 bits per heavy atom. The number of rotatable bonds is 2. The predicted molar refractivity (Wildman–Crippen MR) is 42.1 cm³/mol. The van der Waals surface area contributed by atoms with Gasteiger partial charge in [-0.1, -0.05) is 15.9 Å². The summed E-state index contributed by atoms with van der Waals surface area (Å²) in [6, 6.07) is 0. The minimum Gasteiger partial charge on any atom is -0.462 e.